The van der Waals surface area contributed by atoms with Gasteiger partial charge in [0.15, 0.2) is 5.82 Å². The molecule has 2 aromatic carbocycles. The number of hydrogen-bond acceptors (Lipinski definition) is 6. The molecule has 4 rings (SSSR count). The summed E-state index contributed by atoms with van der Waals surface area (Å²) in [4.78, 5) is 27.3. The Morgan fingerprint density at radius 3 is 2.35 bits per heavy atom. The van der Waals surface area contributed by atoms with Crippen molar-refractivity contribution in [2.45, 2.75) is 26.8 Å². The van der Waals surface area contributed by atoms with Gasteiger partial charge in [0.1, 0.15) is 17.3 Å². The number of ketones is 1. The summed E-state index contributed by atoms with van der Waals surface area (Å²) in [6, 6.07) is 14.9. The van der Waals surface area contributed by atoms with Gasteiger partial charge in [-0.15, -0.1) is 0 Å². The van der Waals surface area contributed by atoms with Gasteiger partial charge in [0, 0.05) is 11.6 Å². The van der Waals surface area contributed by atoms with Gasteiger partial charge < -0.3 is 14.4 Å². The van der Waals surface area contributed by atoms with Gasteiger partial charge in [-0.05, 0) is 50.6 Å². The van der Waals surface area contributed by atoms with Crippen LogP contribution >= 0.6 is 0 Å². The number of amides is 1. The van der Waals surface area contributed by atoms with Gasteiger partial charge in [0.2, 0.25) is 0 Å². The first-order valence-corrected chi connectivity index (χ1v) is 9.94. The lowest BCUT2D eigenvalue weighted by Gasteiger charge is -2.23. The van der Waals surface area contributed by atoms with Crippen LogP contribution in [0.4, 0.5) is 5.82 Å². The minimum absolute atomic E-state index is 0.00124. The molecule has 1 amide bonds. The van der Waals surface area contributed by atoms with Crippen molar-refractivity contribution in [3.63, 3.8) is 0 Å². The fourth-order valence-corrected chi connectivity index (χ4v) is 3.63. The number of nitrogens with zero attached hydrogens (tertiary/aromatic N) is 2. The average Bonchev–Trinajstić information content (AvgIpc) is 3.30. The molecule has 0 aliphatic carbocycles. The van der Waals surface area contributed by atoms with Crippen molar-refractivity contribution < 1.29 is 24.0 Å². The molecule has 7 nitrogen and oxygen atoms in total. The highest BCUT2D eigenvalue weighted by Gasteiger charge is 2.48. The number of aliphatic hydroxyl groups excluding tert-OH is 1. The first kappa shape index (κ1) is 20.4. The van der Waals surface area contributed by atoms with E-state index in [9.17, 15) is 14.7 Å². The van der Waals surface area contributed by atoms with E-state index in [0.29, 0.717) is 29.2 Å². The Balaban J connectivity index is 1.87. The third-order valence-electron chi connectivity index (χ3n) is 5.14. The summed E-state index contributed by atoms with van der Waals surface area (Å²) >= 11 is 0. The molecule has 0 unspecified atom stereocenters. The van der Waals surface area contributed by atoms with Crippen molar-refractivity contribution in [3.8, 4) is 5.75 Å². The van der Waals surface area contributed by atoms with E-state index in [1.165, 1.54) is 4.90 Å². The van der Waals surface area contributed by atoms with E-state index in [0.717, 1.165) is 5.56 Å². The van der Waals surface area contributed by atoms with Crippen LogP contribution in [0.15, 0.2) is 64.7 Å². The van der Waals surface area contributed by atoms with Gasteiger partial charge >= 0.3 is 5.91 Å². The number of ether oxygens (including phenoxy) is 1. The van der Waals surface area contributed by atoms with E-state index in [1.807, 2.05) is 38.1 Å². The molecule has 31 heavy (non-hydrogen) atoms. The summed E-state index contributed by atoms with van der Waals surface area (Å²) in [6.07, 6.45) is 0. The summed E-state index contributed by atoms with van der Waals surface area (Å²) in [6.45, 7) is 6.04. The Labute approximate surface area is 179 Å². The topological polar surface area (TPSA) is 92.9 Å². The van der Waals surface area contributed by atoms with Crippen LogP contribution in [0.3, 0.4) is 0 Å². The lowest BCUT2D eigenvalue weighted by atomic mass is 9.94. The minimum Gasteiger partial charge on any atom is -0.507 e. The van der Waals surface area contributed by atoms with Crippen molar-refractivity contribution in [2.24, 2.45) is 0 Å². The SMILES string of the molecule is CCOc1ccc(C(O)=C2C(=O)C(=O)N(c3cc(C)on3)[C@@H]2c2ccc(C)cc2)cc1. The molecule has 2 heterocycles. The number of benzene rings is 2. The van der Waals surface area contributed by atoms with E-state index in [-0.39, 0.29) is 17.2 Å². The molecule has 0 bridgehead atoms. The second-order valence-electron chi connectivity index (χ2n) is 7.33. The molecule has 0 spiro atoms. The summed E-state index contributed by atoms with van der Waals surface area (Å²) in [5, 5.41) is 15.0. The van der Waals surface area contributed by atoms with Gasteiger partial charge in [0.05, 0.1) is 18.2 Å². The molecule has 1 fully saturated rings. The fraction of sp³-hybridized carbons (Fsp3) is 0.208. The van der Waals surface area contributed by atoms with E-state index in [4.69, 9.17) is 9.26 Å². The van der Waals surface area contributed by atoms with Crippen LogP contribution in [-0.4, -0.2) is 28.6 Å². The number of aryl methyl sites for hydroxylation is 2. The van der Waals surface area contributed by atoms with Crippen LogP contribution in [-0.2, 0) is 9.59 Å². The molecule has 0 radical (unpaired) electrons. The van der Waals surface area contributed by atoms with Gasteiger partial charge in [-0.2, -0.15) is 0 Å². The van der Waals surface area contributed by atoms with Gasteiger partial charge in [0.25, 0.3) is 5.78 Å². The maximum absolute atomic E-state index is 13.0. The predicted octanol–water partition coefficient (Wildman–Crippen LogP) is 4.32. The summed E-state index contributed by atoms with van der Waals surface area (Å²) in [5.41, 5.74) is 2.12. The minimum atomic E-state index is -0.836. The number of aromatic nitrogens is 1. The van der Waals surface area contributed by atoms with Crippen LogP contribution < -0.4 is 9.64 Å². The number of aliphatic hydroxyl groups is 1. The predicted molar refractivity (Wildman–Crippen MR) is 115 cm³/mol. The Bertz CT molecular complexity index is 1160. The van der Waals surface area contributed by atoms with Crippen LogP contribution in [0, 0.1) is 13.8 Å². The molecule has 7 heteroatoms. The van der Waals surface area contributed by atoms with Crippen molar-refractivity contribution in [1.29, 1.82) is 0 Å². The molecule has 3 aromatic rings. The third-order valence-corrected chi connectivity index (χ3v) is 5.14. The molecule has 158 valence electrons. The average molecular weight is 418 g/mol. The van der Waals surface area contributed by atoms with Crippen molar-refractivity contribution in [2.75, 3.05) is 11.5 Å². The first-order valence-electron chi connectivity index (χ1n) is 9.94. The highest BCUT2D eigenvalue weighted by molar-refractivity contribution is 6.51. The van der Waals surface area contributed by atoms with Crippen LogP contribution in [0.1, 0.15) is 35.4 Å². The molecule has 1 saturated heterocycles. The standard InChI is InChI=1S/C24H22N2O5/c1-4-30-18-11-9-17(10-12-18)22(27)20-21(16-7-5-14(2)6-8-16)26(24(29)23(20)28)19-13-15(3)31-25-19/h5-13,21,27H,4H2,1-3H3/t21-/m1/s1. The summed E-state index contributed by atoms with van der Waals surface area (Å²) in [5.74, 6) is -0.437. The molecule has 1 aliphatic heterocycles. The zero-order chi connectivity index (χ0) is 22.1. The zero-order valence-electron chi connectivity index (χ0n) is 17.5. The molecule has 1 aromatic heterocycles. The number of anilines is 1. The Morgan fingerprint density at radius 1 is 1.10 bits per heavy atom. The van der Waals surface area contributed by atoms with E-state index >= 15 is 0 Å². The highest BCUT2D eigenvalue weighted by Crippen LogP contribution is 2.42. The molecule has 1 N–H and O–H groups in total. The van der Waals surface area contributed by atoms with E-state index in [2.05, 4.69) is 5.16 Å². The number of carbonyl (C=O) groups is 2. The molecule has 1 atom stereocenters. The lowest BCUT2D eigenvalue weighted by molar-refractivity contribution is -0.132. The van der Waals surface area contributed by atoms with Crippen molar-refractivity contribution >= 4 is 23.3 Å². The Kier molecular flexibility index (Phi) is 5.33. The lowest BCUT2D eigenvalue weighted by Crippen LogP contribution is -2.29. The van der Waals surface area contributed by atoms with E-state index in [1.54, 1.807) is 37.3 Å². The maximum Gasteiger partial charge on any atom is 0.301 e. The van der Waals surface area contributed by atoms with Gasteiger partial charge in [-0.25, -0.2) is 0 Å². The number of hydrogen-bond donors (Lipinski definition) is 1. The van der Waals surface area contributed by atoms with E-state index < -0.39 is 17.7 Å². The van der Waals surface area contributed by atoms with Crippen molar-refractivity contribution in [1.82, 2.24) is 5.16 Å². The Morgan fingerprint density at radius 2 is 1.77 bits per heavy atom. The third kappa shape index (κ3) is 3.70. The second-order valence-corrected chi connectivity index (χ2v) is 7.33. The number of carbonyl (C=O) groups excluding carboxylic acids is 2. The molecular formula is C24H22N2O5. The monoisotopic (exact) mass is 418 g/mol. The maximum atomic E-state index is 13.0. The molecule has 1 aliphatic rings. The van der Waals surface area contributed by atoms with Crippen molar-refractivity contribution in [3.05, 3.63) is 82.6 Å². The zero-order valence-corrected chi connectivity index (χ0v) is 17.5. The van der Waals surface area contributed by atoms with Crippen LogP contribution in [0.25, 0.3) is 5.76 Å². The normalized spacial score (nSPS) is 17.9. The number of rotatable bonds is 5. The summed E-state index contributed by atoms with van der Waals surface area (Å²) < 4.78 is 10.6. The van der Waals surface area contributed by atoms with Gasteiger partial charge in [-0.3, -0.25) is 14.5 Å². The Hall–Kier alpha value is -3.87. The summed E-state index contributed by atoms with van der Waals surface area (Å²) in [7, 11) is 0. The number of Topliss-reactive ketones (excluding diaryl/α,β-unsaturated/α-hetero) is 1. The molecule has 0 saturated carbocycles. The van der Waals surface area contributed by atoms with Crippen LogP contribution in [0.5, 0.6) is 5.75 Å². The van der Waals surface area contributed by atoms with Crippen LogP contribution in [0.2, 0.25) is 0 Å². The fourth-order valence-electron chi connectivity index (χ4n) is 3.63. The largest absolute Gasteiger partial charge is 0.507 e. The molecular weight excluding hydrogens is 396 g/mol. The quantitative estimate of drug-likeness (QED) is 0.377. The smallest absolute Gasteiger partial charge is 0.301 e. The second kappa shape index (κ2) is 8.10. The highest BCUT2D eigenvalue weighted by atomic mass is 16.5. The van der Waals surface area contributed by atoms with Gasteiger partial charge in [-0.1, -0.05) is 35.0 Å². The first-order chi connectivity index (χ1) is 14.9.